The van der Waals surface area contributed by atoms with Crippen molar-refractivity contribution in [3.05, 3.63) is 0 Å². The van der Waals surface area contributed by atoms with E-state index in [1.807, 2.05) is 0 Å². The molecule has 1 saturated carbocycles. The molecule has 0 atom stereocenters. The smallest absolute Gasteiger partial charge is 1.00 e. The molecule has 2 heteroatoms. The zero-order valence-corrected chi connectivity index (χ0v) is 7.59. The summed E-state index contributed by atoms with van der Waals surface area (Å²) in [5.41, 5.74) is 0. The molecule has 1 aliphatic rings. The van der Waals surface area contributed by atoms with E-state index >= 15 is 0 Å². The van der Waals surface area contributed by atoms with Crippen LogP contribution in [0.1, 0.15) is 41.4 Å². The van der Waals surface area contributed by atoms with Crippen LogP contribution in [0.2, 0.25) is 0 Å². The number of hydrogen-bond acceptors (Lipinski definition) is 0. The Bertz CT molecular complexity index is 31.2. The molecule has 0 saturated heterocycles. The van der Waals surface area contributed by atoms with Gasteiger partial charge >= 0.3 is 23.1 Å². The second-order valence-electron chi connectivity index (χ2n) is 2.12. The van der Waals surface area contributed by atoms with Crippen molar-refractivity contribution >= 4 is 35.5 Å². The molecular formula is C6H15ClMg. The Labute approximate surface area is 77.0 Å². The van der Waals surface area contributed by atoms with Gasteiger partial charge in [-0.25, -0.2) is 0 Å². The van der Waals surface area contributed by atoms with Gasteiger partial charge in [0.2, 0.25) is 0 Å². The minimum absolute atomic E-state index is 0. The molecule has 0 nitrogen and oxygen atoms in total. The molecule has 0 aliphatic heterocycles. The van der Waals surface area contributed by atoms with E-state index in [0.29, 0.717) is 0 Å². The summed E-state index contributed by atoms with van der Waals surface area (Å²) in [5.74, 6) is 0. The van der Waals surface area contributed by atoms with Gasteiger partial charge in [0.05, 0.1) is 0 Å². The Morgan fingerprint density at radius 1 is 0.625 bits per heavy atom. The fourth-order valence-electron chi connectivity index (χ4n) is 1.06. The third kappa shape index (κ3) is 5.20. The van der Waals surface area contributed by atoms with E-state index in [-0.39, 0.29) is 38.3 Å². The second kappa shape index (κ2) is 8.06. The average Bonchev–Trinajstić information content (AvgIpc) is 1.72. The summed E-state index contributed by atoms with van der Waals surface area (Å²) in [6, 6.07) is 0. The molecule has 0 spiro atoms. The standard InChI is InChI=1S/C6H12.ClH.Mg.2H/c1-2-4-6-5-3-1;;;;/h1-6H2;1H;;;/q;;+2;2*-1. The maximum Gasteiger partial charge on any atom is 2.00 e. The van der Waals surface area contributed by atoms with E-state index in [1.165, 1.54) is 38.5 Å². The van der Waals surface area contributed by atoms with Crippen molar-refractivity contribution in [1.82, 2.24) is 0 Å². The summed E-state index contributed by atoms with van der Waals surface area (Å²) >= 11 is 0. The first-order valence-electron chi connectivity index (χ1n) is 3.00. The zero-order chi connectivity index (χ0) is 4.24. The van der Waals surface area contributed by atoms with Gasteiger partial charge in [0, 0.05) is 0 Å². The van der Waals surface area contributed by atoms with Gasteiger partial charge in [-0.05, 0) is 0 Å². The van der Waals surface area contributed by atoms with Gasteiger partial charge in [-0.1, -0.05) is 38.5 Å². The Kier molecular flexibility index (Phi) is 11.9. The predicted molar refractivity (Wildman–Crippen MR) is 42.9 cm³/mol. The van der Waals surface area contributed by atoms with Crippen LogP contribution in [0.4, 0.5) is 0 Å². The summed E-state index contributed by atoms with van der Waals surface area (Å²) in [6.07, 6.45) is 9.00. The minimum atomic E-state index is 0. The van der Waals surface area contributed by atoms with Gasteiger partial charge in [-0.2, -0.15) is 0 Å². The summed E-state index contributed by atoms with van der Waals surface area (Å²) < 4.78 is 0. The second-order valence-corrected chi connectivity index (χ2v) is 2.12. The monoisotopic (exact) mass is 146 g/mol. The number of hydrogen-bond donors (Lipinski definition) is 0. The third-order valence-electron chi connectivity index (χ3n) is 1.50. The van der Waals surface area contributed by atoms with Crippen LogP contribution in [-0.2, 0) is 0 Å². The van der Waals surface area contributed by atoms with Crippen LogP contribution >= 0.6 is 12.4 Å². The Balaban J connectivity index is -0.0000000450. The average molecular weight is 147 g/mol. The van der Waals surface area contributed by atoms with Crippen molar-refractivity contribution in [2.75, 3.05) is 0 Å². The largest absolute Gasteiger partial charge is 2.00 e. The molecule has 0 unspecified atom stereocenters. The fraction of sp³-hybridized carbons (Fsp3) is 1.00. The van der Waals surface area contributed by atoms with E-state index in [2.05, 4.69) is 0 Å². The normalized spacial score (nSPS) is 18.0. The Morgan fingerprint density at radius 3 is 0.875 bits per heavy atom. The molecule has 48 valence electrons. The molecule has 0 N–H and O–H groups in total. The van der Waals surface area contributed by atoms with Crippen LogP contribution < -0.4 is 0 Å². The van der Waals surface area contributed by atoms with Crippen LogP contribution in [0.3, 0.4) is 0 Å². The zero-order valence-electron chi connectivity index (χ0n) is 7.36. The molecule has 8 heavy (non-hydrogen) atoms. The van der Waals surface area contributed by atoms with Crippen molar-refractivity contribution in [3.8, 4) is 0 Å². The SMILES string of the molecule is C1CCCCC1.Cl.[H-].[H-].[Mg+2]. The van der Waals surface area contributed by atoms with Gasteiger partial charge in [0.15, 0.2) is 0 Å². The van der Waals surface area contributed by atoms with Crippen molar-refractivity contribution in [2.45, 2.75) is 38.5 Å². The quantitative estimate of drug-likeness (QED) is 0.462. The van der Waals surface area contributed by atoms with Crippen LogP contribution in [0.15, 0.2) is 0 Å². The van der Waals surface area contributed by atoms with Crippen LogP contribution in [0, 0.1) is 0 Å². The maximum atomic E-state index is 1.50. The summed E-state index contributed by atoms with van der Waals surface area (Å²) in [6.45, 7) is 0. The van der Waals surface area contributed by atoms with E-state index in [4.69, 9.17) is 0 Å². The fourth-order valence-corrected chi connectivity index (χ4v) is 1.06. The Morgan fingerprint density at radius 2 is 0.750 bits per heavy atom. The summed E-state index contributed by atoms with van der Waals surface area (Å²) in [5, 5.41) is 0. The molecule has 0 amide bonds. The Hall–Kier alpha value is 1.06. The first-order valence-corrected chi connectivity index (χ1v) is 3.00. The molecule has 1 rings (SSSR count). The first kappa shape index (κ1) is 11.8. The van der Waals surface area contributed by atoms with E-state index < -0.39 is 0 Å². The molecule has 1 aliphatic carbocycles. The van der Waals surface area contributed by atoms with E-state index in [9.17, 15) is 0 Å². The topological polar surface area (TPSA) is 0 Å². The van der Waals surface area contributed by atoms with Gasteiger partial charge in [-0.3, -0.25) is 0 Å². The summed E-state index contributed by atoms with van der Waals surface area (Å²) in [4.78, 5) is 0. The van der Waals surface area contributed by atoms with Crippen LogP contribution in [-0.4, -0.2) is 23.1 Å². The minimum Gasteiger partial charge on any atom is -1.00 e. The molecule has 0 aromatic heterocycles. The summed E-state index contributed by atoms with van der Waals surface area (Å²) in [7, 11) is 0. The molecule has 0 bridgehead atoms. The number of halogens is 1. The number of rotatable bonds is 0. The van der Waals surface area contributed by atoms with Crippen molar-refractivity contribution < 1.29 is 2.85 Å². The van der Waals surface area contributed by atoms with Crippen LogP contribution in [0.25, 0.3) is 0 Å². The predicted octanol–water partition coefficient (Wildman–Crippen LogP) is 2.61. The maximum absolute atomic E-state index is 1.50. The van der Waals surface area contributed by atoms with E-state index in [0.717, 1.165) is 0 Å². The van der Waals surface area contributed by atoms with Gasteiger partial charge < -0.3 is 2.85 Å². The van der Waals surface area contributed by atoms with Crippen LogP contribution in [0.5, 0.6) is 0 Å². The van der Waals surface area contributed by atoms with E-state index in [1.54, 1.807) is 0 Å². The molecule has 1 fully saturated rings. The van der Waals surface area contributed by atoms with Crippen molar-refractivity contribution in [1.29, 1.82) is 0 Å². The van der Waals surface area contributed by atoms with Gasteiger partial charge in [-0.15, -0.1) is 12.4 Å². The molecule has 0 aromatic carbocycles. The molecular weight excluding hydrogens is 132 g/mol. The van der Waals surface area contributed by atoms with Gasteiger partial charge in [0.1, 0.15) is 0 Å². The van der Waals surface area contributed by atoms with Crippen molar-refractivity contribution in [3.63, 3.8) is 0 Å². The molecule has 0 aromatic rings. The first-order chi connectivity index (χ1) is 3.00. The molecule has 0 heterocycles. The van der Waals surface area contributed by atoms with Gasteiger partial charge in [0.25, 0.3) is 0 Å². The molecule has 0 radical (unpaired) electrons. The third-order valence-corrected chi connectivity index (χ3v) is 1.50. The van der Waals surface area contributed by atoms with Crippen molar-refractivity contribution in [2.24, 2.45) is 0 Å².